The van der Waals surface area contributed by atoms with Crippen LogP contribution in [0, 0.1) is 0 Å². The predicted molar refractivity (Wildman–Crippen MR) is 103 cm³/mol. The van der Waals surface area contributed by atoms with Gasteiger partial charge in [-0.05, 0) is 30.3 Å². The second-order valence-corrected chi connectivity index (χ2v) is 10.3. The third-order valence-corrected chi connectivity index (χ3v) is 7.21. The van der Waals surface area contributed by atoms with Gasteiger partial charge in [0.15, 0.2) is 15.0 Å². The van der Waals surface area contributed by atoms with Crippen molar-refractivity contribution in [1.82, 2.24) is 4.98 Å². The van der Waals surface area contributed by atoms with Gasteiger partial charge in [0.2, 0.25) is 15.9 Å². The minimum atomic E-state index is -3.83. The van der Waals surface area contributed by atoms with Crippen molar-refractivity contribution in [3.05, 3.63) is 48.5 Å². The second-order valence-electron chi connectivity index (χ2n) is 5.62. The molecule has 8 nitrogen and oxygen atoms in total. The molecule has 3 aromatic rings. The maximum absolute atomic E-state index is 12.2. The summed E-state index contributed by atoms with van der Waals surface area (Å²) in [4.78, 5) is 16.4. The Labute approximate surface area is 160 Å². The number of nitrogens with zero attached hydrogens (tertiary/aromatic N) is 1. The summed E-state index contributed by atoms with van der Waals surface area (Å²) in [6.07, 6.45) is -0.227. The molecule has 1 amide bonds. The average Bonchev–Trinajstić information content (AvgIpc) is 3.01. The highest BCUT2D eigenvalue weighted by Crippen LogP contribution is 2.28. The van der Waals surface area contributed by atoms with E-state index in [1.54, 1.807) is 18.2 Å². The number of anilines is 1. The van der Waals surface area contributed by atoms with Crippen LogP contribution in [-0.2, 0) is 24.7 Å². The van der Waals surface area contributed by atoms with Crippen LogP contribution >= 0.6 is 11.3 Å². The zero-order chi connectivity index (χ0) is 19.7. The number of nitrogens with two attached hydrogens (primary N) is 1. The van der Waals surface area contributed by atoms with E-state index < -0.39 is 25.8 Å². The van der Waals surface area contributed by atoms with Crippen LogP contribution in [0.5, 0.6) is 0 Å². The summed E-state index contributed by atoms with van der Waals surface area (Å²) in [5.41, 5.74) is 0.500. The minimum Gasteiger partial charge on any atom is -0.302 e. The third kappa shape index (κ3) is 4.69. The summed E-state index contributed by atoms with van der Waals surface area (Å²) < 4.78 is 47.7. The first-order valence-corrected chi connectivity index (χ1v) is 11.7. The number of hydrogen-bond donors (Lipinski definition) is 2. The number of sulfone groups is 1. The molecular weight excluding hydrogens is 410 g/mol. The lowest BCUT2D eigenvalue weighted by Crippen LogP contribution is -2.17. The number of rotatable bonds is 6. The van der Waals surface area contributed by atoms with Crippen molar-refractivity contribution < 1.29 is 21.6 Å². The van der Waals surface area contributed by atoms with Crippen molar-refractivity contribution in [1.29, 1.82) is 0 Å². The maximum Gasteiger partial charge on any atom is 0.238 e. The van der Waals surface area contributed by atoms with Gasteiger partial charge in [0.1, 0.15) is 0 Å². The highest BCUT2D eigenvalue weighted by molar-refractivity contribution is 7.91. The van der Waals surface area contributed by atoms with E-state index in [9.17, 15) is 21.6 Å². The molecule has 0 atom stereocenters. The van der Waals surface area contributed by atoms with Gasteiger partial charge in [-0.25, -0.2) is 27.0 Å². The van der Waals surface area contributed by atoms with E-state index in [2.05, 4.69) is 10.3 Å². The van der Waals surface area contributed by atoms with Gasteiger partial charge in [-0.2, -0.15) is 0 Å². The lowest BCUT2D eigenvalue weighted by molar-refractivity contribution is -0.115. The molecule has 3 rings (SSSR count). The van der Waals surface area contributed by atoms with E-state index in [1.165, 1.54) is 30.3 Å². The van der Waals surface area contributed by atoms with Gasteiger partial charge in [-0.3, -0.25) is 4.79 Å². The van der Waals surface area contributed by atoms with Crippen molar-refractivity contribution in [2.45, 2.75) is 16.2 Å². The lowest BCUT2D eigenvalue weighted by Gasteiger charge is -2.04. The molecule has 0 fully saturated rings. The predicted octanol–water partition coefficient (Wildman–Crippen LogP) is 1.75. The molecule has 3 N–H and O–H groups in total. The largest absolute Gasteiger partial charge is 0.302 e. The summed E-state index contributed by atoms with van der Waals surface area (Å²) in [5, 5.41) is 7.88. The van der Waals surface area contributed by atoms with E-state index >= 15 is 0 Å². The monoisotopic (exact) mass is 425 g/mol. The molecule has 0 saturated heterocycles. The Bertz CT molecular complexity index is 1200. The fourth-order valence-corrected chi connectivity index (χ4v) is 5.09. The summed E-state index contributed by atoms with van der Waals surface area (Å²) in [7, 11) is -7.39. The SMILES string of the molecule is NS(=O)(=O)c1ccc2nc(NC(=O)CCS(=O)(=O)c3ccccc3)sc2c1. The van der Waals surface area contributed by atoms with E-state index in [-0.39, 0.29) is 27.1 Å². The molecule has 0 unspecified atom stereocenters. The van der Waals surface area contributed by atoms with Gasteiger partial charge < -0.3 is 5.32 Å². The number of aromatic nitrogens is 1. The van der Waals surface area contributed by atoms with Gasteiger partial charge in [0, 0.05) is 6.42 Å². The first-order valence-electron chi connectivity index (χ1n) is 7.66. The number of thiazole rings is 1. The molecule has 0 aliphatic carbocycles. The van der Waals surface area contributed by atoms with Gasteiger partial charge in [0.25, 0.3) is 0 Å². The molecule has 0 spiro atoms. The topological polar surface area (TPSA) is 136 Å². The lowest BCUT2D eigenvalue weighted by atomic mass is 10.3. The van der Waals surface area contributed by atoms with Gasteiger partial charge in [-0.15, -0.1) is 0 Å². The van der Waals surface area contributed by atoms with Crippen LogP contribution in [-0.4, -0.2) is 33.5 Å². The first-order chi connectivity index (χ1) is 12.6. The van der Waals surface area contributed by atoms with E-state index in [4.69, 9.17) is 5.14 Å². The Morgan fingerprint density at radius 2 is 1.74 bits per heavy atom. The number of carbonyl (C=O) groups excluding carboxylic acids is 1. The fourth-order valence-electron chi connectivity index (χ4n) is 2.29. The standard InChI is InChI=1S/C16H15N3O5S3/c17-27(23,24)12-6-7-13-14(10-12)25-16(18-13)19-15(20)8-9-26(21,22)11-4-2-1-3-5-11/h1-7,10H,8-9H2,(H2,17,23,24)(H,18,19,20). The summed E-state index contributed by atoms with van der Waals surface area (Å²) in [6, 6.07) is 12.1. The Balaban J connectivity index is 1.69. The zero-order valence-electron chi connectivity index (χ0n) is 13.8. The summed E-state index contributed by atoms with van der Waals surface area (Å²) in [6.45, 7) is 0. The quantitative estimate of drug-likeness (QED) is 0.617. The molecule has 0 aliphatic rings. The maximum atomic E-state index is 12.2. The van der Waals surface area contributed by atoms with Crippen molar-refractivity contribution in [2.75, 3.05) is 11.1 Å². The van der Waals surface area contributed by atoms with Crippen molar-refractivity contribution in [2.24, 2.45) is 5.14 Å². The molecule has 2 aromatic carbocycles. The Kier molecular flexibility index (Phi) is 5.29. The third-order valence-electron chi connectivity index (χ3n) is 3.63. The highest BCUT2D eigenvalue weighted by atomic mass is 32.2. The van der Waals surface area contributed by atoms with Crippen LogP contribution < -0.4 is 10.5 Å². The average molecular weight is 426 g/mol. The molecule has 1 heterocycles. The smallest absolute Gasteiger partial charge is 0.238 e. The van der Waals surface area contributed by atoms with E-state index in [0.717, 1.165) is 11.3 Å². The highest BCUT2D eigenvalue weighted by Gasteiger charge is 2.17. The van der Waals surface area contributed by atoms with E-state index in [0.29, 0.717) is 10.2 Å². The van der Waals surface area contributed by atoms with E-state index in [1.807, 2.05) is 0 Å². The molecule has 1 aromatic heterocycles. The first kappa shape index (κ1) is 19.4. The Hall–Kier alpha value is -2.34. The second kappa shape index (κ2) is 7.35. The number of primary sulfonamides is 1. The Morgan fingerprint density at radius 3 is 2.41 bits per heavy atom. The van der Waals surface area contributed by atoms with Crippen LogP contribution in [0.3, 0.4) is 0 Å². The van der Waals surface area contributed by atoms with Crippen LogP contribution in [0.2, 0.25) is 0 Å². The number of fused-ring (bicyclic) bond motifs is 1. The molecule has 0 saturated carbocycles. The normalized spacial score (nSPS) is 12.2. The minimum absolute atomic E-state index is 0.0505. The van der Waals surface area contributed by atoms with Gasteiger partial charge in [0.05, 0.1) is 25.8 Å². The zero-order valence-corrected chi connectivity index (χ0v) is 16.3. The fraction of sp³-hybridized carbons (Fsp3) is 0.125. The molecule has 0 aliphatic heterocycles. The molecule has 142 valence electrons. The number of benzene rings is 2. The van der Waals surface area contributed by atoms with Crippen molar-refractivity contribution >= 4 is 52.5 Å². The molecular formula is C16H15N3O5S3. The van der Waals surface area contributed by atoms with Gasteiger partial charge in [-0.1, -0.05) is 29.5 Å². The number of hydrogen-bond acceptors (Lipinski definition) is 7. The van der Waals surface area contributed by atoms with Crippen LogP contribution in [0.25, 0.3) is 10.2 Å². The summed E-state index contributed by atoms with van der Waals surface area (Å²) in [5.74, 6) is -0.830. The van der Waals surface area contributed by atoms with Crippen molar-refractivity contribution in [3.63, 3.8) is 0 Å². The van der Waals surface area contributed by atoms with Crippen molar-refractivity contribution in [3.8, 4) is 0 Å². The molecule has 27 heavy (non-hydrogen) atoms. The molecule has 11 heteroatoms. The van der Waals surface area contributed by atoms with Crippen LogP contribution in [0.4, 0.5) is 5.13 Å². The molecule has 0 bridgehead atoms. The molecule has 0 radical (unpaired) electrons. The Morgan fingerprint density at radius 1 is 1.04 bits per heavy atom. The van der Waals surface area contributed by atoms with Crippen LogP contribution in [0.15, 0.2) is 58.3 Å². The van der Waals surface area contributed by atoms with Crippen LogP contribution in [0.1, 0.15) is 6.42 Å². The van der Waals surface area contributed by atoms with Gasteiger partial charge >= 0.3 is 0 Å². The number of carbonyl (C=O) groups is 1. The number of sulfonamides is 1. The number of amides is 1. The summed E-state index contributed by atoms with van der Waals surface area (Å²) >= 11 is 1.07. The number of nitrogens with one attached hydrogen (secondary N) is 1.